The maximum Gasteiger partial charge on any atom is 0.255 e. The molecule has 3 fully saturated rings. The molecule has 2 amide bonds. The van der Waals surface area contributed by atoms with Crippen molar-refractivity contribution in [3.63, 3.8) is 0 Å². The van der Waals surface area contributed by atoms with E-state index in [0.29, 0.717) is 37.3 Å². The van der Waals surface area contributed by atoms with Crippen molar-refractivity contribution in [3.8, 4) is 6.07 Å². The summed E-state index contributed by atoms with van der Waals surface area (Å²) in [5.41, 5.74) is 0.952. The molecule has 0 bridgehead atoms. The molecule has 0 unspecified atom stereocenters. The van der Waals surface area contributed by atoms with Crippen LogP contribution in [0.5, 0.6) is 0 Å². The van der Waals surface area contributed by atoms with E-state index in [2.05, 4.69) is 4.98 Å². The minimum Gasteiger partial charge on any atom is -0.376 e. The largest absolute Gasteiger partial charge is 0.376 e. The van der Waals surface area contributed by atoms with Crippen molar-refractivity contribution >= 4 is 11.8 Å². The molecule has 28 heavy (non-hydrogen) atoms. The zero-order valence-electron chi connectivity index (χ0n) is 16.1. The molecule has 0 radical (unpaired) electrons. The summed E-state index contributed by atoms with van der Waals surface area (Å²) in [6.45, 7) is 3.69. The van der Waals surface area contributed by atoms with Gasteiger partial charge in [-0.1, -0.05) is 0 Å². The standard InChI is InChI=1S/C21H26N4O3/c22-12-17-4-3-16(13-23-17)20(27)24-9-7-21(8-10-24)6-5-19(26)25(15-21)14-18-2-1-11-28-18/h3-4,13,18H,1-2,5-11,14-15H2/t18-/m1/s1. The first kappa shape index (κ1) is 18.9. The van der Waals surface area contributed by atoms with Gasteiger partial charge in [-0.15, -0.1) is 0 Å². The van der Waals surface area contributed by atoms with E-state index in [1.54, 1.807) is 12.1 Å². The highest BCUT2D eigenvalue weighted by molar-refractivity contribution is 5.94. The average molecular weight is 382 g/mol. The average Bonchev–Trinajstić information content (AvgIpc) is 3.24. The first-order chi connectivity index (χ1) is 13.6. The summed E-state index contributed by atoms with van der Waals surface area (Å²) < 4.78 is 5.72. The number of amides is 2. The molecule has 148 valence electrons. The third kappa shape index (κ3) is 3.88. The smallest absolute Gasteiger partial charge is 0.255 e. The van der Waals surface area contributed by atoms with E-state index >= 15 is 0 Å². The minimum absolute atomic E-state index is 0.0325. The lowest BCUT2D eigenvalue weighted by Gasteiger charge is -2.47. The Labute approximate surface area is 165 Å². The number of nitriles is 1. The van der Waals surface area contributed by atoms with Crippen molar-refractivity contribution in [2.24, 2.45) is 5.41 Å². The van der Waals surface area contributed by atoms with Crippen LogP contribution in [0.15, 0.2) is 18.3 Å². The number of ether oxygens (including phenoxy) is 1. The Morgan fingerprint density at radius 2 is 2.14 bits per heavy atom. The van der Waals surface area contributed by atoms with Crippen LogP contribution in [0.25, 0.3) is 0 Å². The molecule has 0 saturated carbocycles. The number of rotatable bonds is 3. The molecule has 7 heteroatoms. The van der Waals surface area contributed by atoms with Gasteiger partial charge in [0.15, 0.2) is 0 Å². The number of carbonyl (C=O) groups is 2. The molecular weight excluding hydrogens is 356 g/mol. The van der Waals surface area contributed by atoms with Crippen molar-refractivity contribution in [1.29, 1.82) is 5.26 Å². The van der Waals surface area contributed by atoms with E-state index in [9.17, 15) is 9.59 Å². The molecule has 0 aliphatic carbocycles. The summed E-state index contributed by atoms with van der Waals surface area (Å²) in [5, 5.41) is 8.84. The first-order valence-corrected chi connectivity index (χ1v) is 10.1. The molecule has 7 nitrogen and oxygen atoms in total. The monoisotopic (exact) mass is 382 g/mol. The number of carbonyl (C=O) groups excluding carboxylic acids is 2. The topological polar surface area (TPSA) is 86.5 Å². The fourth-order valence-electron chi connectivity index (χ4n) is 4.66. The predicted octanol–water partition coefficient (Wildman–Crippen LogP) is 1.98. The van der Waals surface area contributed by atoms with Crippen LogP contribution >= 0.6 is 0 Å². The number of hydrogen-bond acceptors (Lipinski definition) is 5. The second-order valence-corrected chi connectivity index (χ2v) is 8.25. The Morgan fingerprint density at radius 1 is 1.32 bits per heavy atom. The molecule has 1 atom stereocenters. The van der Waals surface area contributed by atoms with E-state index in [4.69, 9.17) is 10.00 Å². The second kappa shape index (κ2) is 7.88. The van der Waals surface area contributed by atoms with Crippen LogP contribution in [-0.4, -0.2) is 65.5 Å². The quantitative estimate of drug-likeness (QED) is 0.798. The summed E-state index contributed by atoms with van der Waals surface area (Å²) in [5.74, 6) is 0.207. The fourth-order valence-corrected chi connectivity index (χ4v) is 4.66. The summed E-state index contributed by atoms with van der Waals surface area (Å²) >= 11 is 0. The van der Waals surface area contributed by atoms with Gasteiger partial charge < -0.3 is 14.5 Å². The number of piperidine rings is 2. The highest BCUT2D eigenvalue weighted by Gasteiger charge is 2.42. The molecule has 3 aliphatic heterocycles. The molecule has 1 spiro atoms. The van der Waals surface area contributed by atoms with Crippen LogP contribution in [0.3, 0.4) is 0 Å². The van der Waals surface area contributed by atoms with Gasteiger partial charge in [0.05, 0.1) is 11.7 Å². The molecule has 0 N–H and O–H groups in total. The van der Waals surface area contributed by atoms with Gasteiger partial charge in [-0.3, -0.25) is 9.59 Å². The van der Waals surface area contributed by atoms with Crippen LogP contribution in [0, 0.1) is 16.7 Å². The summed E-state index contributed by atoms with van der Waals surface area (Å²) in [6, 6.07) is 5.21. The Kier molecular flexibility index (Phi) is 5.31. The van der Waals surface area contributed by atoms with Crippen molar-refractivity contribution in [1.82, 2.24) is 14.8 Å². The van der Waals surface area contributed by atoms with Crippen molar-refractivity contribution in [3.05, 3.63) is 29.6 Å². The zero-order valence-corrected chi connectivity index (χ0v) is 16.1. The normalized spacial score (nSPS) is 24.4. The van der Waals surface area contributed by atoms with Gasteiger partial charge in [0.25, 0.3) is 5.91 Å². The molecule has 1 aromatic heterocycles. The highest BCUT2D eigenvalue weighted by atomic mass is 16.5. The van der Waals surface area contributed by atoms with Gasteiger partial charge in [0, 0.05) is 45.4 Å². The van der Waals surface area contributed by atoms with Gasteiger partial charge in [-0.05, 0) is 49.7 Å². The number of pyridine rings is 1. The van der Waals surface area contributed by atoms with Crippen LogP contribution in [0.2, 0.25) is 0 Å². The summed E-state index contributed by atoms with van der Waals surface area (Å²) in [6.07, 6.45) is 7.12. The first-order valence-electron chi connectivity index (χ1n) is 10.1. The lowest BCUT2D eigenvalue weighted by atomic mass is 9.72. The van der Waals surface area contributed by atoms with Crippen LogP contribution < -0.4 is 0 Å². The maximum atomic E-state index is 12.7. The Morgan fingerprint density at radius 3 is 2.79 bits per heavy atom. The van der Waals surface area contributed by atoms with Gasteiger partial charge >= 0.3 is 0 Å². The predicted molar refractivity (Wildman–Crippen MR) is 101 cm³/mol. The Hall–Kier alpha value is -2.46. The lowest BCUT2D eigenvalue weighted by molar-refractivity contribution is -0.141. The fraction of sp³-hybridized carbons (Fsp3) is 0.619. The van der Waals surface area contributed by atoms with Crippen LogP contribution in [0.4, 0.5) is 0 Å². The van der Waals surface area contributed by atoms with Crippen molar-refractivity contribution < 1.29 is 14.3 Å². The molecule has 1 aromatic rings. The van der Waals surface area contributed by atoms with Crippen molar-refractivity contribution in [2.75, 3.05) is 32.8 Å². The number of likely N-dealkylation sites (tertiary alicyclic amines) is 2. The zero-order chi connectivity index (χ0) is 19.6. The molecule has 3 aliphatic rings. The molecule has 0 aromatic carbocycles. The van der Waals surface area contributed by atoms with Gasteiger partial charge in [0.2, 0.25) is 5.91 Å². The van der Waals surface area contributed by atoms with Crippen LogP contribution in [-0.2, 0) is 9.53 Å². The second-order valence-electron chi connectivity index (χ2n) is 8.25. The van der Waals surface area contributed by atoms with E-state index in [0.717, 1.165) is 45.3 Å². The Bertz CT molecular complexity index is 772. The van der Waals surface area contributed by atoms with Gasteiger partial charge in [-0.2, -0.15) is 5.26 Å². The highest BCUT2D eigenvalue weighted by Crippen LogP contribution is 2.40. The third-order valence-electron chi connectivity index (χ3n) is 6.43. The summed E-state index contributed by atoms with van der Waals surface area (Å²) in [4.78, 5) is 33.0. The maximum absolute atomic E-state index is 12.7. The lowest BCUT2D eigenvalue weighted by Crippen LogP contribution is -2.53. The third-order valence-corrected chi connectivity index (χ3v) is 6.43. The van der Waals surface area contributed by atoms with E-state index in [1.165, 1.54) is 6.20 Å². The molecule has 4 heterocycles. The van der Waals surface area contributed by atoms with E-state index in [1.807, 2.05) is 15.9 Å². The molecular formula is C21H26N4O3. The van der Waals surface area contributed by atoms with E-state index < -0.39 is 0 Å². The van der Waals surface area contributed by atoms with E-state index in [-0.39, 0.29) is 23.3 Å². The molecule has 4 rings (SSSR count). The minimum atomic E-state index is -0.0325. The Balaban J connectivity index is 1.36. The van der Waals surface area contributed by atoms with Gasteiger partial charge in [0.1, 0.15) is 11.8 Å². The number of hydrogen-bond donors (Lipinski definition) is 0. The van der Waals surface area contributed by atoms with Gasteiger partial charge in [-0.25, -0.2) is 4.98 Å². The number of nitrogens with zero attached hydrogens (tertiary/aromatic N) is 4. The summed E-state index contributed by atoms with van der Waals surface area (Å²) in [7, 11) is 0. The van der Waals surface area contributed by atoms with Crippen molar-refractivity contribution in [2.45, 2.75) is 44.6 Å². The SMILES string of the molecule is N#Cc1ccc(C(=O)N2CCC3(CCC(=O)N(C[C@H]4CCCO4)C3)CC2)cn1. The molecule has 3 saturated heterocycles. The van der Waals surface area contributed by atoms with Crippen LogP contribution in [0.1, 0.15) is 54.6 Å². The number of aromatic nitrogens is 1.